The number of nitrogens with two attached hydrogens (primary N) is 1. The summed E-state index contributed by atoms with van der Waals surface area (Å²) in [5, 5.41) is 0. The van der Waals surface area contributed by atoms with Crippen molar-refractivity contribution in [3.05, 3.63) is 59.7 Å². The number of benzene rings is 2. The third-order valence-corrected chi connectivity index (χ3v) is 4.01. The van der Waals surface area contributed by atoms with Crippen LogP contribution in [-0.4, -0.2) is 24.1 Å². The highest BCUT2D eigenvalue weighted by atomic mass is 16.5. The van der Waals surface area contributed by atoms with Crippen LogP contribution in [0.4, 0.5) is 5.69 Å². The molecular weight excluding hydrogens is 260 g/mol. The van der Waals surface area contributed by atoms with Crippen molar-refractivity contribution in [3.8, 4) is 5.75 Å². The van der Waals surface area contributed by atoms with Crippen LogP contribution in [0.25, 0.3) is 0 Å². The number of rotatable bonds is 4. The van der Waals surface area contributed by atoms with Gasteiger partial charge in [0, 0.05) is 19.6 Å². The Morgan fingerprint density at radius 1 is 1.14 bits per heavy atom. The molecule has 21 heavy (non-hydrogen) atoms. The predicted octanol–water partition coefficient (Wildman–Crippen LogP) is 3.23. The third kappa shape index (κ3) is 3.37. The summed E-state index contributed by atoms with van der Waals surface area (Å²) in [4.78, 5) is 2.44. The molecule has 0 bridgehead atoms. The maximum atomic E-state index is 6.14. The quantitative estimate of drug-likeness (QED) is 0.875. The molecule has 1 aliphatic heterocycles. The predicted molar refractivity (Wildman–Crippen MR) is 86.3 cm³/mol. The second-order valence-electron chi connectivity index (χ2n) is 5.74. The Morgan fingerprint density at radius 3 is 2.71 bits per heavy atom. The molecule has 0 aromatic heterocycles. The van der Waals surface area contributed by atoms with E-state index in [0.29, 0.717) is 0 Å². The molecule has 1 atom stereocenters. The Bertz CT molecular complexity index is 577. The van der Waals surface area contributed by atoms with Crippen molar-refractivity contribution in [3.63, 3.8) is 0 Å². The summed E-state index contributed by atoms with van der Waals surface area (Å²) in [6.07, 6.45) is 1.29. The largest absolute Gasteiger partial charge is 0.487 e. The number of para-hydroxylation sites is 1. The third-order valence-electron chi connectivity index (χ3n) is 4.01. The number of ether oxygens (including phenoxy) is 1. The number of aryl methyl sites for hydroxylation is 1. The fraction of sp³-hybridized carbons (Fsp3) is 0.333. The Balaban J connectivity index is 1.60. The molecule has 1 aliphatic rings. The molecule has 1 heterocycles. The molecule has 0 saturated carbocycles. The van der Waals surface area contributed by atoms with E-state index in [1.807, 2.05) is 25.1 Å². The van der Waals surface area contributed by atoms with Crippen LogP contribution in [0.2, 0.25) is 0 Å². The Morgan fingerprint density at radius 2 is 1.95 bits per heavy atom. The molecule has 3 heteroatoms. The van der Waals surface area contributed by atoms with E-state index in [0.717, 1.165) is 43.1 Å². The number of likely N-dealkylation sites (tertiary alicyclic amines) is 1. The molecule has 1 fully saturated rings. The summed E-state index contributed by atoms with van der Waals surface area (Å²) in [5.41, 5.74) is 9.22. The van der Waals surface area contributed by atoms with Crippen molar-refractivity contribution in [1.29, 1.82) is 0 Å². The van der Waals surface area contributed by atoms with Crippen LogP contribution < -0.4 is 10.5 Å². The number of hydrogen-bond acceptors (Lipinski definition) is 3. The standard InChI is InChI=1S/C18H22N2O/c1-14-6-5-9-17(19)18(14)21-16-10-11-20(13-16)12-15-7-3-2-4-8-15/h2-9,16H,10-13,19H2,1H3. The van der Waals surface area contributed by atoms with Crippen LogP contribution in [-0.2, 0) is 6.54 Å². The average Bonchev–Trinajstić information content (AvgIpc) is 2.91. The number of nitrogens with zero attached hydrogens (tertiary/aromatic N) is 1. The normalized spacial score (nSPS) is 18.8. The molecule has 3 nitrogen and oxygen atoms in total. The first kappa shape index (κ1) is 14.0. The lowest BCUT2D eigenvalue weighted by Crippen LogP contribution is -2.25. The van der Waals surface area contributed by atoms with Gasteiger partial charge in [0.05, 0.1) is 5.69 Å². The zero-order valence-corrected chi connectivity index (χ0v) is 12.5. The van der Waals surface area contributed by atoms with E-state index < -0.39 is 0 Å². The molecule has 110 valence electrons. The molecule has 2 N–H and O–H groups in total. The first-order chi connectivity index (χ1) is 10.2. The van der Waals surface area contributed by atoms with Gasteiger partial charge in [0.2, 0.25) is 0 Å². The van der Waals surface area contributed by atoms with Crippen molar-refractivity contribution < 1.29 is 4.74 Å². The summed E-state index contributed by atoms with van der Waals surface area (Å²) in [7, 11) is 0. The molecule has 0 spiro atoms. The lowest BCUT2D eigenvalue weighted by atomic mass is 10.2. The summed E-state index contributed by atoms with van der Waals surface area (Å²) in [5.74, 6) is 0.851. The fourth-order valence-corrected chi connectivity index (χ4v) is 2.88. The van der Waals surface area contributed by atoms with Crippen LogP contribution in [0.3, 0.4) is 0 Å². The number of hydrogen-bond donors (Lipinski definition) is 1. The van der Waals surface area contributed by atoms with Crippen molar-refractivity contribution in [2.75, 3.05) is 18.8 Å². The molecule has 2 aromatic rings. The highest BCUT2D eigenvalue weighted by molar-refractivity contribution is 5.56. The SMILES string of the molecule is Cc1cccc(N)c1OC1CCN(Cc2ccccc2)C1. The first-order valence-electron chi connectivity index (χ1n) is 7.50. The van der Waals surface area contributed by atoms with Gasteiger partial charge in [0.15, 0.2) is 0 Å². The van der Waals surface area contributed by atoms with Gasteiger partial charge >= 0.3 is 0 Å². The van der Waals surface area contributed by atoms with Gasteiger partial charge in [0.25, 0.3) is 0 Å². The minimum atomic E-state index is 0.233. The van der Waals surface area contributed by atoms with Crippen LogP contribution >= 0.6 is 0 Å². The van der Waals surface area contributed by atoms with E-state index in [-0.39, 0.29) is 6.10 Å². The van der Waals surface area contributed by atoms with E-state index in [9.17, 15) is 0 Å². The molecule has 0 amide bonds. The second-order valence-corrected chi connectivity index (χ2v) is 5.74. The van der Waals surface area contributed by atoms with Gasteiger partial charge in [-0.15, -0.1) is 0 Å². The van der Waals surface area contributed by atoms with Crippen molar-refractivity contribution in [2.24, 2.45) is 0 Å². The molecule has 0 aliphatic carbocycles. The van der Waals surface area contributed by atoms with E-state index >= 15 is 0 Å². The monoisotopic (exact) mass is 282 g/mol. The van der Waals surface area contributed by atoms with Gasteiger partial charge in [0.1, 0.15) is 11.9 Å². The Labute approximate surface area is 126 Å². The van der Waals surface area contributed by atoms with Gasteiger partial charge in [-0.05, 0) is 30.5 Å². The maximum absolute atomic E-state index is 6.14. The minimum absolute atomic E-state index is 0.233. The zero-order chi connectivity index (χ0) is 14.7. The fourth-order valence-electron chi connectivity index (χ4n) is 2.88. The first-order valence-corrected chi connectivity index (χ1v) is 7.50. The summed E-state index contributed by atoms with van der Waals surface area (Å²) in [6, 6.07) is 16.5. The average molecular weight is 282 g/mol. The summed E-state index contributed by atoms with van der Waals surface area (Å²) >= 11 is 0. The molecule has 3 rings (SSSR count). The van der Waals surface area contributed by atoms with E-state index in [1.165, 1.54) is 5.56 Å². The van der Waals surface area contributed by atoms with E-state index in [1.54, 1.807) is 0 Å². The van der Waals surface area contributed by atoms with E-state index in [2.05, 4.69) is 35.2 Å². The van der Waals surface area contributed by atoms with E-state index in [4.69, 9.17) is 10.5 Å². The molecule has 1 unspecified atom stereocenters. The van der Waals surface area contributed by atoms with Crippen molar-refractivity contribution >= 4 is 5.69 Å². The summed E-state index contributed by atoms with van der Waals surface area (Å²) in [6.45, 7) is 5.07. The van der Waals surface area contributed by atoms with Gasteiger partial charge in [-0.1, -0.05) is 42.5 Å². The smallest absolute Gasteiger partial charge is 0.145 e. The van der Waals surface area contributed by atoms with Crippen molar-refractivity contribution in [2.45, 2.75) is 26.0 Å². The summed E-state index contributed by atoms with van der Waals surface area (Å²) < 4.78 is 6.14. The lowest BCUT2D eigenvalue weighted by Gasteiger charge is -2.19. The zero-order valence-electron chi connectivity index (χ0n) is 12.5. The lowest BCUT2D eigenvalue weighted by molar-refractivity contribution is 0.198. The van der Waals surface area contributed by atoms with Gasteiger partial charge in [-0.3, -0.25) is 4.90 Å². The van der Waals surface area contributed by atoms with Crippen LogP contribution in [0.1, 0.15) is 17.5 Å². The van der Waals surface area contributed by atoms with Gasteiger partial charge in [-0.25, -0.2) is 0 Å². The highest BCUT2D eigenvalue weighted by Crippen LogP contribution is 2.28. The van der Waals surface area contributed by atoms with Crippen LogP contribution in [0.15, 0.2) is 48.5 Å². The molecule has 2 aromatic carbocycles. The number of nitrogen functional groups attached to an aromatic ring is 1. The van der Waals surface area contributed by atoms with Gasteiger partial charge in [-0.2, -0.15) is 0 Å². The highest BCUT2D eigenvalue weighted by Gasteiger charge is 2.24. The molecular formula is C18H22N2O. The second kappa shape index (κ2) is 6.19. The number of anilines is 1. The van der Waals surface area contributed by atoms with Crippen molar-refractivity contribution in [1.82, 2.24) is 4.90 Å². The van der Waals surface area contributed by atoms with Crippen LogP contribution in [0.5, 0.6) is 5.75 Å². The topological polar surface area (TPSA) is 38.5 Å². The molecule has 0 radical (unpaired) electrons. The Kier molecular flexibility index (Phi) is 4.11. The van der Waals surface area contributed by atoms with Crippen LogP contribution in [0, 0.1) is 6.92 Å². The minimum Gasteiger partial charge on any atom is -0.487 e. The van der Waals surface area contributed by atoms with Gasteiger partial charge < -0.3 is 10.5 Å². The Hall–Kier alpha value is -2.00. The maximum Gasteiger partial charge on any atom is 0.145 e. The molecule has 1 saturated heterocycles.